The maximum atomic E-state index is 13.9. The lowest BCUT2D eigenvalue weighted by molar-refractivity contribution is -0.133. The summed E-state index contributed by atoms with van der Waals surface area (Å²) in [5, 5.41) is 2.58. The van der Waals surface area contributed by atoms with Crippen molar-refractivity contribution in [1.29, 1.82) is 0 Å². The van der Waals surface area contributed by atoms with Gasteiger partial charge in [0.15, 0.2) is 0 Å². The minimum atomic E-state index is -3.91. The highest BCUT2D eigenvalue weighted by Gasteiger charge is 2.36. The van der Waals surface area contributed by atoms with E-state index in [9.17, 15) is 22.4 Å². The number of nitrogens with one attached hydrogen (secondary N) is 1. The molecular formula is C16H21FN4O4S. The van der Waals surface area contributed by atoms with Gasteiger partial charge in [-0.1, -0.05) is 12.1 Å². The van der Waals surface area contributed by atoms with Crippen LogP contribution in [0.5, 0.6) is 0 Å². The maximum absolute atomic E-state index is 13.9. The first-order valence-electron chi connectivity index (χ1n) is 8.40. The fourth-order valence-electron chi connectivity index (χ4n) is 3.19. The van der Waals surface area contributed by atoms with Crippen molar-refractivity contribution in [2.75, 3.05) is 39.3 Å². The summed E-state index contributed by atoms with van der Waals surface area (Å²) in [6.07, 6.45) is 0. The van der Waals surface area contributed by atoms with Crippen LogP contribution in [0.25, 0.3) is 0 Å². The van der Waals surface area contributed by atoms with E-state index in [4.69, 9.17) is 0 Å². The summed E-state index contributed by atoms with van der Waals surface area (Å²) in [5.41, 5.74) is 0. The molecule has 0 aromatic heterocycles. The van der Waals surface area contributed by atoms with Gasteiger partial charge in [0, 0.05) is 39.3 Å². The predicted molar refractivity (Wildman–Crippen MR) is 91.3 cm³/mol. The lowest BCUT2D eigenvalue weighted by Crippen LogP contribution is -2.55. The van der Waals surface area contributed by atoms with Gasteiger partial charge in [-0.3, -0.25) is 14.6 Å². The molecule has 0 spiro atoms. The van der Waals surface area contributed by atoms with Crippen molar-refractivity contribution < 1.29 is 22.4 Å². The molecule has 1 aromatic carbocycles. The number of halogens is 1. The minimum absolute atomic E-state index is 0.153. The van der Waals surface area contributed by atoms with E-state index in [0.717, 1.165) is 6.07 Å². The van der Waals surface area contributed by atoms with Crippen molar-refractivity contribution in [2.24, 2.45) is 0 Å². The van der Waals surface area contributed by atoms with Gasteiger partial charge in [-0.05, 0) is 19.1 Å². The van der Waals surface area contributed by atoms with Crippen LogP contribution in [0.4, 0.5) is 9.18 Å². The Bertz CT molecular complexity index is 808. The SMILES string of the molecule is C[C@H](C(=O)N1CCNC1=O)N1CCN(S(=O)(=O)c2ccccc2F)CC1. The highest BCUT2D eigenvalue weighted by Crippen LogP contribution is 2.21. The van der Waals surface area contributed by atoms with E-state index in [1.807, 2.05) is 4.90 Å². The van der Waals surface area contributed by atoms with Crippen LogP contribution >= 0.6 is 0 Å². The average molecular weight is 384 g/mol. The van der Waals surface area contributed by atoms with E-state index >= 15 is 0 Å². The van der Waals surface area contributed by atoms with Gasteiger partial charge in [-0.15, -0.1) is 0 Å². The summed E-state index contributed by atoms with van der Waals surface area (Å²) in [6.45, 7) is 3.44. The molecule has 2 heterocycles. The normalized spacial score (nSPS) is 20.8. The summed E-state index contributed by atoms with van der Waals surface area (Å²) in [5.74, 6) is -1.08. The van der Waals surface area contributed by atoms with E-state index in [-0.39, 0.29) is 23.9 Å². The molecule has 142 valence electrons. The Morgan fingerprint density at radius 1 is 1.15 bits per heavy atom. The topological polar surface area (TPSA) is 90.0 Å². The predicted octanol–water partition coefficient (Wildman–Crippen LogP) is 0.0723. The molecule has 0 bridgehead atoms. The smallest absolute Gasteiger partial charge is 0.324 e. The number of carbonyl (C=O) groups excluding carboxylic acids is 2. The Hall–Kier alpha value is -2.04. The van der Waals surface area contributed by atoms with Crippen LogP contribution in [0.2, 0.25) is 0 Å². The Kier molecular flexibility index (Phi) is 5.26. The Morgan fingerprint density at radius 2 is 1.81 bits per heavy atom. The third-order valence-electron chi connectivity index (χ3n) is 4.76. The number of rotatable bonds is 4. The van der Waals surface area contributed by atoms with Gasteiger partial charge < -0.3 is 5.32 Å². The first-order valence-corrected chi connectivity index (χ1v) is 9.84. The molecule has 2 saturated heterocycles. The maximum Gasteiger partial charge on any atom is 0.324 e. The fraction of sp³-hybridized carbons (Fsp3) is 0.500. The van der Waals surface area contributed by atoms with E-state index < -0.39 is 27.9 Å². The average Bonchev–Trinajstić information content (AvgIpc) is 3.06. The molecule has 2 aliphatic rings. The largest absolute Gasteiger partial charge is 0.336 e. The zero-order valence-electron chi connectivity index (χ0n) is 14.4. The number of amides is 3. The first-order chi connectivity index (χ1) is 12.3. The number of imide groups is 1. The van der Waals surface area contributed by atoms with Gasteiger partial charge in [0.25, 0.3) is 0 Å². The van der Waals surface area contributed by atoms with Gasteiger partial charge in [0.2, 0.25) is 15.9 Å². The van der Waals surface area contributed by atoms with Crippen LogP contribution in [0.3, 0.4) is 0 Å². The zero-order valence-corrected chi connectivity index (χ0v) is 15.2. The van der Waals surface area contributed by atoms with Gasteiger partial charge >= 0.3 is 6.03 Å². The Labute approximate surface area is 151 Å². The second-order valence-electron chi connectivity index (χ2n) is 6.27. The molecule has 3 amide bonds. The molecular weight excluding hydrogens is 363 g/mol. The summed E-state index contributed by atoms with van der Waals surface area (Å²) in [6, 6.07) is 4.35. The van der Waals surface area contributed by atoms with Gasteiger partial charge in [0.05, 0.1) is 6.04 Å². The molecule has 1 aromatic rings. The van der Waals surface area contributed by atoms with Crippen LogP contribution in [0, 0.1) is 5.82 Å². The molecule has 8 nitrogen and oxygen atoms in total. The standard InChI is InChI=1S/C16H21FN4O4S/c1-12(15(22)21-7-6-18-16(21)23)19-8-10-20(11-9-19)26(24,25)14-5-3-2-4-13(14)17/h2-5,12H,6-11H2,1H3,(H,18,23)/t12-/m1/s1. The second-order valence-corrected chi connectivity index (χ2v) is 8.17. The van der Waals surface area contributed by atoms with Gasteiger partial charge in [0.1, 0.15) is 10.7 Å². The number of urea groups is 1. The van der Waals surface area contributed by atoms with Crippen LogP contribution < -0.4 is 5.32 Å². The Balaban J connectivity index is 1.65. The Morgan fingerprint density at radius 3 is 2.38 bits per heavy atom. The first kappa shape index (κ1) is 18.7. The number of sulfonamides is 1. The van der Waals surface area contributed by atoms with Crippen molar-refractivity contribution >= 4 is 22.0 Å². The van der Waals surface area contributed by atoms with E-state index in [0.29, 0.717) is 26.2 Å². The molecule has 26 heavy (non-hydrogen) atoms. The summed E-state index contributed by atoms with van der Waals surface area (Å²) in [7, 11) is -3.91. The molecule has 3 rings (SSSR count). The monoisotopic (exact) mass is 384 g/mol. The quantitative estimate of drug-likeness (QED) is 0.794. The number of benzene rings is 1. The molecule has 0 saturated carbocycles. The van der Waals surface area contributed by atoms with Crippen molar-refractivity contribution in [2.45, 2.75) is 17.9 Å². The third-order valence-corrected chi connectivity index (χ3v) is 6.69. The second kappa shape index (κ2) is 7.29. The third kappa shape index (κ3) is 3.44. The summed E-state index contributed by atoms with van der Waals surface area (Å²) >= 11 is 0. The zero-order chi connectivity index (χ0) is 18.9. The molecule has 1 atom stereocenters. The minimum Gasteiger partial charge on any atom is -0.336 e. The van der Waals surface area contributed by atoms with Crippen LogP contribution in [-0.2, 0) is 14.8 Å². The van der Waals surface area contributed by atoms with Crippen molar-refractivity contribution in [3.05, 3.63) is 30.1 Å². The van der Waals surface area contributed by atoms with Crippen molar-refractivity contribution in [3.63, 3.8) is 0 Å². The van der Waals surface area contributed by atoms with Crippen molar-refractivity contribution in [3.8, 4) is 0 Å². The lowest BCUT2D eigenvalue weighted by atomic mass is 10.2. The van der Waals surface area contributed by atoms with Crippen LogP contribution in [-0.4, -0.2) is 79.8 Å². The lowest BCUT2D eigenvalue weighted by Gasteiger charge is -2.37. The molecule has 2 aliphatic heterocycles. The number of hydrogen-bond donors (Lipinski definition) is 1. The van der Waals surface area contributed by atoms with Crippen LogP contribution in [0.1, 0.15) is 6.92 Å². The highest BCUT2D eigenvalue weighted by molar-refractivity contribution is 7.89. The molecule has 10 heteroatoms. The molecule has 1 N–H and O–H groups in total. The molecule has 2 fully saturated rings. The number of hydrogen-bond acceptors (Lipinski definition) is 5. The van der Waals surface area contributed by atoms with Gasteiger partial charge in [-0.2, -0.15) is 4.31 Å². The van der Waals surface area contributed by atoms with E-state index in [1.165, 1.54) is 27.4 Å². The summed E-state index contributed by atoms with van der Waals surface area (Å²) in [4.78, 5) is 26.7. The molecule has 0 aliphatic carbocycles. The molecule has 0 radical (unpaired) electrons. The number of piperazine rings is 1. The highest BCUT2D eigenvalue weighted by atomic mass is 32.2. The van der Waals surface area contributed by atoms with Crippen LogP contribution in [0.15, 0.2) is 29.2 Å². The fourth-order valence-corrected chi connectivity index (χ4v) is 4.68. The van der Waals surface area contributed by atoms with Gasteiger partial charge in [-0.25, -0.2) is 17.6 Å². The molecule has 0 unspecified atom stereocenters. The van der Waals surface area contributed by atoms with Crippen molar-refractivity contribution in [1.82, 2.24) is 19.4 Å². The summed E-state index contributed by atoms with van der Waals surface area (Å²) < 4.78 is 40.3. The van der Waals surface area contributed by atoms with E-state index in [2.05, 4.69) is 5.32 Å². The number of carbonyl (C=O) groups is 2. The van der Waals surface area contributed by atoms with E-state index in [1.54, 1.807) is 6.92 Å². The number of nitrogens with zero attached hydrogens (tertiary/aromatic N) is 3.